The molecule has 1 N–H and O–H groups in total. The number of anilines is 1. The smallest absolute Gasteiger partial charge is 0.263 e. The van der Waals surface area contributed by atoms with Gasteiger partial charge in [-0.05, 0) is 26.2 Å². The number of hydrogen-bond acceptors (Lipinski definition) is 7. The third-order valence-electron chi connectivity index (χ3n) is 4.86. The maximum absolute atomic E-state index is 12.0. The van der Waals surface area contributed by atoms with Crippen molar-refractivity contribution in [2.45, 2.75) is 51.9 Å². The standard InChI is InChI=1S/C19H29N5O3/c1-14-17-18(24-11-5-3-4-6-12-24)21-15(22-19(17)27-23-14)8-9-16(25)20-10-7-13-26-2/h3-13H2,1-2H3,(H,20,25). The normalized spacial score (nSPS) is 15.1. The molecule has 1 aliphatic rings. The highest BCUT2D eigenvalue weighted by atomic mass is 16.5. The summed E-state index contributed by atoms with van der Waals surface area (Å²) < 4.78 is 10.4. The Bertz CT molecular complexity index is 753. The second kappa shape index (κ2) is 9.64. The molecular formula is C19H29N5O3. The monoisotopic (exact) mass is 375 g/mol. The van der Waals surface area contributed by atoms with Crippen LogP contribution in [0, 0.1) is 6.92 Å². The molecule has 2 aromatic heterocycles. The Morgan fingerprint density at radius 3 is 2.74 bits per heavy atom. The van der Waals surface area contributed by atoms with E-state index in [1.165, 1.54) is 12.8 Å². The van der Waals surface area contributed by atoms with Crippen LogP contribution in [0.2, 0.25) is 0 Å². The van der Waals surface area contributed by atoms with Gasteiger partial charge in [0.2, 0.25) is 5.91 Å². The number of aryl methyl sites for hydroxylation is 2. The van der Waals surface area contributed by atoms with Crippen LogP contribution in [0.1, 0.15) is 50.0 Å². The Morgan fingerprint density at radius 1 is 1.22 bits per heavy atom. The minimum Gasteiger partial charge on any atom is -0.385 e. The van der Waals surface area contributed by atoms with Gasteiger partial charge in [-0.1, -0.05) is 18.0 Å². The van der Waals surface area contributed by atoms with Crippen LogP contribution < -0.4 is 10.2 Å². The largest absolute Gasteiger partial charge is 0.385 e. The Hall–Kier alpha value is -2.22. The zero-order valence-corrected chi connectivity index (χ0v) is 16.3. The fourth-order valence-electron chi connectivity index (χ4n) is 3.39. The van der Waals surface area contributed by atoms with Gasteiger partial charge in [-0.25, -0.2) is 4.98 Å². The average Bonchev–Trinajstić information content (AvgIpc) is 2.87. The van der Waals surface area contributed by atoms with Crippen LogP contribution in [0.25, 0.3) is 11.1 Å². The SMILES string of the molecule is COCCCNC(=O)CCc1nc(N2CCCCCC2)c2c(C)noc2n1. The van der Waals surface area contributed by atoms with Crippen LogP contribution in [-0.2, 0) is 16.0 Å². The Labute approximate surface area is 159 Å². The molecule has 0 aliphatic carbocycles. The fourth-order valence-corrected chi connectivity index (χ4v) is 3.39. The summed E-state index contributed by atoms with van der Waals surface area (Å²) in [5, 5.41) is 7.86. The second-order valence-electron chi connectivity index (χ2n) is 7.01. The zero-order chi connectivity index (χ0) is 19.1. The summed E-state index contributed by atoms with van der Waals surface area (Å²) in [5.74, 6) is 1.53. The molecule has 1 amide bonds. The molecule has 0 bridgehead atoms. The first-order chi connectivity index (χ1) is 13.2. The summed E-state index contributed by atoms with van der Waals surface area (Å²) in [7, 11) is 1.66. The molecule has 0 atom stereocenters. The Balaban J connectivity index is 1.71. The number of carbonyl (C=O) groups excluding carboxylic acids is 1. The molecule has 0 saturated carbocycles. The molecule has 1 fully saturated rings. The van der Waals surface area contributed by atoms with Gasteiger partial charge in [-0.3, -0.25) is 4.79 Å². The van der Waals surface area contributed by atoms with Gasteiger partial charge in [0.05, 0.1) is 5.69 Å². The molecule has 8 nitrogen and oxygen atoms in total. The number of rotatable bonds is 8. The van der Waals surface area contributed by atoms with Gasteiger partial charge in [0.25, 0.3) is 5.71 Å². The molecule has 3 rings (SSSR count). The van der Waals surface area contributed by atoms with Gasteiger partial charge in [0, 0.05) is 46.2 Å². The predicted molar refractivity (Wildman–Crippen MR) is 103 cm³/mol. The average molecular weight is 375 g/mol. The first-order valence-electron chi connectivity index (χ1n) is 9.82. The zero-order valence-electron chi connectivity index (χ0n) is 16.3. The van der Waals surface area contributed by atoms with Gasteiger partial charge in [0.1, 0.15) is 17.0 Å². The van der Waals surface area contributed by atoms with Crippen molar-refractivity contribution < 1.29 is 14.1 Å². The van der Waals surface area contributed by atoms with E-state index < -0.39 is 0 Å². The van der Waals surface area contributed by atoms with Crippen LogP contribution in [0.4, 0.5) is 5.82 Å². The van der Waals surface area contributed by atoms with Crippen molar-refractivity contribution in [3.8, 4) is 0 Å². The van der Waals surface area contributed by atoms with E-state index in [1.807, 2.05) is 6.92 Å². The summed E-state index contributed by atoms with van der Waals surface area (Å²) >= 11 is 0. The highest BCUT2D eigenvalue weighted by molar-refractivity contribution is 5.88. The molecule has 2 aromatic rings. The fraction of sp³-hybridized carbons (Fsp3) is 0.684. The number of carbonyl (C=O) groups is 1. The third-order valence-corrected chi connectivity index (χ3v) is 4.86. The lowest BCUT2D eigenvalue weighted by Crippen LogP contribution is -2.27. The van der Waals surface area contributed by atoms with E-state index in [4.69, 9.17) is 14.2 Å². The molecule has 0 unspecified atom stereocenters. The third kappa shape index (κ3) is 5.15. The van der Waals surface area contributed by atoms with Gasteiger partial charge in [-0.2, -0.15) is 4.98 Å². The van der Waals surface area contributed by atoms with Gasteiger partial charge in [-0.15, -0.1) is 0 Å². The molecule has 0 aromatic carbocycles. The van der Waals surface area contributed by atoms with Crippen molar-refractivity contribution in [3.05, 3.63) is 11.5 Å². The number of aromatic nitrogens is 3. The quantitative estimate of drug-likeness (QED) is 0.708. The van der Waals surface area contributed by atoms with Crippen molar-refractivity contribution in [1.29, 1.82) is 0 Å². The Kier molecular flexibility index (Phi) is 6.98. The van der Waals surface area contributed by atoms with Crippen molar-refractivity contribution in [1.82, 2.24) is 20.4 Å². The first-order valence-corrected chi connectivity index (χ1v) is 9.82. The summed E-state index contributed by atoms with van der Waals surface area (Å²) in [4.78, 5) is 23.6. The van der Waals surface area contributed by atoms with Crippen LogP contribution in [0.3, 0.4) is 0 Å². The van der Waals surface area contributed by atoms with Crippen LogP contribution in [-0.4, -0.2) is 54.4 Å². The van der Waals surface area contributed by atoms with E-state index in [2.05, 4.69) is 20.4 Å². The maximum Gasteiger partial charge on any atom is 0.263 e. The highest BCUT2D eigenvalue weighted by Crippen LogP contribution is 2.29. The van der Waals surface area contributed by atoms with E-state index in [1.54, 1.807) is 7.11 Å². The summed E-state index contributed by atoms with van der Waals surface area (Å²) in [6.07, 6.45) is 6.47. The van der Waals surface area contributed by atoms with Gasteiger partial charge < -0.3 is 19.5 Å². The van der Waals surface area contributed by atoms with E-state index >= 15 is 0 Å². The molecule has 8 heteroatoms. The van der Waals surface area contributed by atoms with E-state index in [0.29, 0.717) is 37.5 Å². The van der Waals surface area contributed by atoms with Gasteiger partial charge in [0.15, 0.2) is 0 Å². The maximum atomic E-state index is 12.0. The van der Waals surface area contributed by atoms with Crippen LogP contribution in [0.5, 0.6) is 0 Å². The van der Waals surface area contributed by atoms with Crippen LogP contribution >= 0.6 is 0 Å². The lowest BCUT2D eigenvalue weighted by molar-refractivity contribution is -0.121. The molecule has 148 valence electrons. The van der Waals surface area contributed by atoms with E-state index in [-0.39, 0.29) is 5.91 Å². The highest BCUT2D eigenvalue weighted by Gasteiger charge is 2.21. The molecule has 0 spiro atoms. The van der Waals surface area contributed by atoms with Crippen molar-refractivity contribution >= 4 is 22.8 Å². The number of nitrogens with zero attached hydrogens (tertiary/aromatic N) is 4. The summed E-state index contributed by atoms with van der Waals surface area (Å²) in [5.41, 5.74) is 1.32. The molecule has 27 heavy (non-hydrogen) atoms. The topological polar surface area (TPSA) is 93.4 Å². The number of fused-ring (bicyclic) bond motifs is 1. The lowest BCUT2D eigenvalue weighted by Gasteiger charge is -2.22. The molecule has 1 aliphatic heterocycles. The number of nitrogens with one attached hydrogen (secondary N) is 1. The minimum absolute atomic E-state index is 0.000118. The van der Waals surface area contributed by atoms with Crippen LogP contribution in [0.15, 0.2) is 4.52 Å². The van der Waals surface area contributed by atoms with Crippen molar-refractivity contribution in [2.75, 3.05) is 38.3 Å². The molecule has 3 heterocycles. The van der Waals surface area contributed by atoms with Crippen molar-refractivity contribution in [3.63, 3.8) is 0 Å². The number of methoxy groups -OCH3 is 1. The van der Waals surface area contributed by atoms with Crippen molar-refractivity contribution in [2.24, 2.45) is 0 Å². The lowest BCUT2D eigenvalue weighted by atomic mass is 10.2. The predicted octanol–water partition coefficient (Wildman–Crippen LogP) is 2.39. The number of ether oxygens (including phenoxy) is 1. The second-order valence-corrected chi connectivity index (χ2v) is 7.01. The molecule has 0 radical (unpaired) electrons. The van der Waals surface area contributed by atoms with E-state index in [0.717, 1.165) is 49.2 Å². The number of amides is 1. The summed E-state index contributed by atoms with van der Waals surface area (Å²) in [6, 6.07) is 0. The van der Waals surface area contributed by atoms with E-state index in [9.17, 15) is 4.79 Å². The summed E-state index contributed by atoms with van der Waals surface area (Å²) in [6.45, 7) is 5.15. The number of hydrogen-bond donors (Lipinski definition) is 1. The molecular weight excluding hydrogens is 346 g/mol. The molecule has 1 saturated heterocycles. The minimum atomic E-state index is -0.000118. The first kappa shape index (κ1) is 19.5. The Morgan fingerprint density at radius 2 is 2.00 bits per heavy atom. The van der Waals surface area contributed by atoms with Gasteiger partial charge >= 0.3 is 0 Å².